The third-order valence-corrected chi connectivity index (χ3v) is 3.49. The third-order valence-electron chi connectivity index (χ3n) is 3.49. The Bertz CT molecular complexity index is 861. The minimum Gasteiger partial charge on any atom is -0.410 e. The van der Waals surface area contributed by atoms with Gasteiger partial charge in [-0.05, 0) is 34.5 Å². The Kier molecular flexibility index (Phi) is 3.96. The van der Waals surface area contributed by atoms with Crippen molar-refractivity contribution < 1.29 is 15.3 Å². The fourth-order valence-corrected chi connectivity index (χ4v) is 2.33. The number of carbonyl (C=O) groups is 1. The largest absolute Gasteiger partial charge is 0.414 e. The maximum absolute atomic E-state index is 14.3. The molecule has 2 aromatic carbocycles. The van der Waals surface area contributed by atoms with Gasteiger partial charge in [-0.3, -0.25) is 0 Å². The van der Waals surface area contributed by atoms with Crippen LogP contribution in [0, 0.1) is 18.2 Å². The zero-order valence-electron chi connectivity index (χ0n) is 15.0. The van der Waals surface area contributed by atoms with Crippen molar-refractivity contribution in [3.63, 3.8) is 0 Å². The predicted octanol–water partition coefficient (Wildman–Crippen LogP) is 4.32. The first-order valence-electron chi connectivity index (χ1n) is 7.69. The first-order valence-corrected chi connectivity index (χ1v) is 7.19. The van der Waals surface area contributed by atoms with Gasteiger partial charge in [0.15, 0.2) is 0 Å². The van der Waals surface area contributed by atoms with Gasteiger partial charge in [-0.15, -0.1) is 6.42 Å². The smallest absolute Gasteiger partial charge is 0.410 e. The number of amides is 1. The Labute approximate surface area is 137 Å². The Morgan fingerprint density at radius 1 is 1.39 bits per heavy atom. The quantitative estimate of drug-likeness (QED) is 0.734. The number of carbonyl (C=O) groups excluding carboxylic acids is 1. The maximum atomic E-state index is 14.3. The summed E-state index contributed by atoms with van der Waals surface area (Å²) in [7, 11) is 3.17. The average Bonchev–Trinajstić information content (AvgIpc) is 2.47. The van der Waals surface area contributed by atoms with Crippen LogP contribution in [0.2, 0.25) is 0 Å². The van der Waals surface area contributed by atoms with Crippen LogP contribution in [0.15, 0.2) is 24.2 Å². The van der Waals surface area contributed by atoms with Gasteiger partial charge in [0.25, 0.3) is 0 Å². The molecular formula is C19H20FNO2. The highest BCUT2D eigenvalue weighted by Crippen LogP contribution is 2.36. The van der Waals surface area contributed by atoms with Crippen molar-refractivity contribution in [1.82, 2.24) is 4.90 Å². The minimum absolute atomic E-state index is 0.0629. The van der Waals surface area contributed by atoms with Gasteiger partial charge in [0.1, 0.15) is 11.6 Å². The van der Waals surface area contributed by atoms with Crippen LogP contribution in [0.25, 0.3) is 10.8 Å². The SMILES string of the molecule is [2H]c1cc2cc(OC(=O)N(C)C)cc(C(C)(C)C)c2c(C#C)c1F. The molecule has 2 aromatic rings. The lowest BCUT2D eigenvalue weighted by atomic mass is 9.82. The van der Waals surface area contributed by atoms with Crippen molar-refractivity contribution in [3.05, 3.63) is 41.2 Å². The topological polar surface area (TPSA) is 29.5 Å². The second kappa shape index (κ2) is 5.92. The van der Waals surface area contributed by atoms with Crippen molar-refractivity contribution in [3.8, 4) is 18.1 Å². The van der Waals surface area contributed by atoms with Gasteiger partial charge >= 0.3 is 6.09 Å². The molecule has 0 saturated heterocycles. The lowest BCUT2D eigenvalue weighted by Gasteiger charge is -2.23. The van der Waals surface area contributed by atoms with E-state index in [1.54, 1.807) is 26.2 Å². The van der Waals surface area contributed by atoms with Crippen LogP contribution >= 0.6 is 0 Å². The van der Waals surface area contributed by atoms with Gasteiger partial charge < -0.3 is 9.64 Å². The van der Waals surface area contributed by atoms with E-state index in [-0.39, 0.29) is 17.0 Å². The molecule has 120 valence electrons. The molecule has 0 fully saturated rings. The molecule has 0 aliphatic carbocycles. The van der Waals surface area contributed by atoms with E-state index < -0.39 is 11.9 Å². The van der Waals surface area contributed by atoms with Crippen molar-refractivity contribution >= 4 is 16.9 Å². The fraction of sp³-hybridized carbons (Fsp3) is 0.316. The van der Waals surface area contributed by atoms with Crippen LogP contribution in [0.5, 0.6) is 5.75 Å². The number of ether oxygens (including phenoxy) is 1. The van der Waals surface area contributed by atoms with E-state index in [4.69, 9.17) is 12.5 Å². The number of rotatable bonds is 1. The Hall–Kier alpha value is -2.54. The second-order valence-electron chi connectivity index (χ2n) is 6.57. The van der Waals surface area contributed by atoms with E-state index in [1.807, 2.05) is 20.8 Å². The Balaban J connectivity index is 2.83. The summed E-state index contributed by atoms with van der Waals surface area (Å²) in [4.78, 5) is 13.1. The standard InChI is InChI=1S/C19H20FNO2/c1-7-14-16(20)9-8-12-10-13(23-18(22)21(5)6)11-15(17(12)14)19(2,3)4/h1,8-11H,2-6H3/i9D. The van der Waals surface area contributed by atoms with Gasteiger partial charge in [0.05, 0.1) is 6.93 Å². The van der Waals surface area contributed by atoms with Crippen LogP contribution in [-0.4, -0.2) is 25.1 Å². The number of terminal acetylenes is 1. The summed E-state index contributed by atoms with van der Waals surface area (Å²) in [5.41, 5.74) is 0.460. The van der Waals surface area contributed by atoms with Gasteiger partial charge in [0, 0.05) is 19.5 Å². The number of hydrogen-bond donors (Lipinski definition) is 0. The van der Waals surface area contributed by atoms with Crippen molar-refractivity contribution in [1.29, 1.82) is 0 Å². The average molecular weight is 314 g/mol. The van der Waals surface area contributed by atoms with Gasteiger partial charge in [0.2, 0.25) is 0 Å². The molecule has 0 unspecified atom stereocenters. The third kappa shape index (κ3) is 3.29. The summed E-state index contributed by atoms with van der Waals surface area (Å²) in [5.74, 6) is 1.98. The van der Waals surface area contributed by atoms with Crippen LogP contribution in [-0.2, 0) is 5.41 Å². The summed E-state index contributed by atoms with van der Waals surface area (Å²) in [5, 5.41) is 1.14. The maximum Gasteiger partial charge on any atom is 0.414 e. The van der Waals surface area contributed by atoms with E-state index in [2.05, 4.69) is 5.92 Å². The second-order valence-corrected chi connectivity index (χ2v) is 6.57. The highest BCUT2D eigenvalue weighted by Gasteiger charge is 2.22. The molecule has 4 heteroatoms. The summed E-state index contributed by atoms with van der Waals surface area (Å²) in [6.45, 7) is 5.89. The molecule has 23 heavy (non-hydrogen) atoms. The van der Waals surface area contributed by atoms with E-state index in [0.29, 0.717) is 16.5 Å². The molecule has 0 heterocycles. The van der Waals surface area contributed by atoms with Crippen molar-refractivity contribution in [2.24, 2.45) is 0 Å². The lowest BCUT2D eigenvalue weighted by molar-refractivity contribution is 0.172. The normalized spacial score (nSPS) is 11.8. The monoisotopic (exact) mass is 314 g/mol. The zero-order valence-corrected chi connectivity index (χ0v) is 14.0. The molecule has 0 aromatic heterocycles. The Morgan fingerprint density at radius 3 is 2.57 bits per heavy atom. The molecule has 0 N–H and O–H groups in total. The molecule has 0 aliphatic rings. The molecule has 0 radical (unpaired) electrons. The molecule has 0 spiro atoms. The minimum atomic E-state index is -0.714. The van der Waals surface area contributed by atoms with Gasteiger partial charge in [-0.2, -0.15) is 0 Å². The van der Waals surface area contributed by atoms with Gasteiger partial charge in [-0.1, -0.05) is 32.8 Å². The first-order chi connectivity index (χ1) is 11.1. The number of nitrogens with zero attached hydrogens (tertiary/aromatic N) is 1. The van der Waals surface area contributed by atoms with E-state index >= 15 is 0 Å². The highest BCUT2D eigenvalue weighted by atomic mass is 19.1. The number of benzene rings is 2. The number of fused-ring (bicyclic) bond motifs is 1. The summed E-state index contributed by atoms with van der Waals surface area (Å²) in [6, 6.07) is 4.41. The molecular weight excluding hydrogens is 293 g/mol. The van der Waals surface area contributed by atoms with Crippen molar-refractivity contribution in [2.45, 2.75) is 26.2 Å². The van der Waals surface area contributed by atoms with E-state index in [0.717, 1.165) is 5.56 Å². The summed E-state index contributed by atoms with van der Waals surface area (Å²) in [6.07, 6.45) is 4.98. The van der Waals surface area contributed by atoms with E-state index in [1.165, 1.54) is 11.0 Å². The zero-order chi connectivity index (χ0) is 18.2. The molecule has 0 aliphatic heterocycles. The first kappa shape index (κ1) is 15.4. The van der Waals surface area contributed by atoms with E-state index in [9.17, 15) is 9.18 Å². The van der Waals surface area contributed by atoms with Crippen LogP contribution < -0.4 is 4.74 Å². The van der Waals surface area contributed by atoms with Crippen LogP contribution in [0.4, 0.5) is 9.18 Å². The molecule has 3 nitrogen and oxygen atoms in total. The fourth-order valence-electron chi connectivity index (χ4n) is 2.33. The predicted molar refractivity (Wildman–Crippen MR) is 90.3 cm³/mol. The molecule has 0 atom stereocenters. The molecule has 2 rings (SSSR count). The summed E-state index contributed by atoms with van der Waals surface area (Å²) < 4.78 is 27.4. The van der Waals surface area contributed by atoms with Crippen molar-refractivity contribution in [2.75, 3.05) is 14.1 Å². The van der Waals surface area contributed by atoms with Crippen LogP contribution in [0.1, 0.15) is 33.3 Å². The number of halogens is 1. The van der Waals surface area contributed by atoms with Crippen LogP contribution in [0.3, 0.4) is 0 Å². The lowest BCUT2D eigenvalue weighted by Crippen LogP contribution is -2.25. The summed E-state index contributed by atoms with van der Waals surface area (Å²) >= 11 is 0. The molecule has 0 bridgehead atoms. The molecule has 1 amide bonds. The van der Waals surface area contributed by atoms with Gasteiger partial charge in [-0.25, -0.2) is 9.18 Å². The number of hydrogen-bond acceptors (Lipinski definition) is 2. The molecule has 0 saturated carbocycles. The highest BCUT2D eigenvalue weighted by molar-refractivity contribution is 5.93. The Morgan fingerprint density at radius 2 is 2.04 bits per heavy atom.